The van der Waals surface area contributed by atoms with Gasteiger partial charge in [-0.25, -0.2) is 0 Å². The van der Waals surface area contributed by atoms with E-state index < -0.39 is 0 Å². The number of rotatable bonds is 2. The van der Waals surface area contributed by atoms with Crippen LogP contribution in [0.3, 0.4) is 0 Å². The van der Waals surface area contributed by atoms with Gasteiger partial charge in [0.2, 0.25) is 0 Å². The molecule has 82 valence electrons. The van der Waals surface area contributed by atoms with E-state index in [1.54, 1.807) is 0 Å². The molecule has 14 heavy (non-hydrogen) atoms. The lowest BCUT2D eigenvalue weighted by Crippen LogP contribution is -2.33. The molecule has 0 bridgehead atoms. The number of carbonyl (C=O) groups excluding carboxylic acids is 1. The van der Waals surface area contributed by atoms with Crippen molar-refractivity contribution in [1.29, 1.82) is 0 Å². The average molecular weight is 198 g/mol. The van der Waals surface area contributed by atoms with Crippen LogP contribution in [0.25, 0.3) is 0 Å². The highest BCUT2D eigenvalue weighted by molar-refractivity contribution is 5.72. The van der Waals surface area contributed by atoms with Crippen LogP contribution in [-0.4, -0.2) is 13.1 Å². The van der Waals surface area contributed by atoms with Gasteiger partial charge in [-0.05, 0) is 30.6 Å². The van der Waals surface area contributed by atoms with E-state index in [-0.39, 0.29) is 11.9 Å². The first-order valence-electron chi connectivity index (χ1n) is 5.64. The Morgan fingerprint density at radius 1 is 1.36 bits per heavy atom. The molecule has 1 aliphatic rings. The molecule has 1 saturated carbocycles. The van der Waals surface area contributed by atoms with Gasteiger partial charge in [0.05, 0.1) is 13.0 Å². The molecule has 0 unspecified atom stereocenters. The highest BCUT2D eigenvalue weighted by Gasteiger charge is 2.35. The third kappa shape index (κ3) is 2.49. The van der Waals surface area contributed by atoms with Crippen molar-refractivity contribution in [2.75, 3.05) is 7.11 Å². The minimum absolute atomic E-state index is 0.00440. The fourth-order valence-electron chi connectivity index (χ4n) is 2.62. The number of hydrogen-bond acceptors (Lipinski definition) is 2. The molecule has 2 heteroatoms. The third-order valence-corrected chi connectivity index (χ3v) is 3.53. The predicted molar refractivity (Wildman–Crippen MR) is 56.8 cm³/mol. The van der Waals surface area contributed by atoms with Gasteiger partial charge in [0.15, 0.2) is 0 Å². The Morgan fingerprint density at radius 3 is 2.50 bits per heavy atom. The molecular weight excluding hydrogens is 176 g/mol. The monoisotopic (exact) mass is 198 g/mol. The number of carbonyl (C=O) groups is 1. The van der Waals surface area contributed by atoms with Crippen LogP contribution >= 0.6 is 0 Å². The molecule has 1 rings (SSSR count). The van der Waals surface area contributed by atoms with E-state index >= 15 is 0 Å². The summed E-state index contributed by atoms with van der Waals surface area (Å²) in [5, 5.41) is 0. The first-order valence-corrected chi connectivity index (χ1v) is 5.64. The maximum Gasteiger partial charge on any atom is 0.308 e. The zero-order valence-corrected chi connectivity index (χ0v) is 9.75. The van der Waals surface area contributed by atoms with Crippen molar-refractivity contribution in [2.24, 2.45) is 23.7 Å². The summed E-state index contributed by atoms with van der Waals surface area (Å²) < 4.78 is 4.88. The number of methoxy groups -OCH3 is 1. The summed E-state index contributed by atoms with van der Waals surface area (Å²) in [6, 6.07) is 0. The predicted octanol–water partition coefficient (Wildman–Crippen LogP) is 2.87. The zero-order valence-electron chi connectivity index (χ0n) is 9.75. The van der Waals surface area contributed by atoms with Gasteiger partial charge in [0, 0.05) is 0 Å². The molecule has 0 spiro atoms. The van der Waals surface area contributed by atoms with Crippen molar-refractivity contribution in [3.05, 3.63) is 0 Å². The van der Waals surface area contributed by atoms with E-state index in [0.29, 0.717) is 17.8 Å². The maximum atomic E-state index is 11.6. The van der Waals surface area contributed by atoms with Gasteiger partial charge in [0.1, 0.15) is 0 Å². The Hall–Kier alpha value is -0.530. The Labute approximate surface area is 87.0 Å². The summed E-state index contributed by atoms with van der Waals surface area (Å²) in [7, 11) is 1.50. The van der Waals surface area contributed by atoms with Crippen LogP contribution in [0.4, 0.5) is 0 Å². The highest BCUT2D eigenvalue weighted by Crippen LogP contribution is 2.38. The molecule has 0 saturated heterocycles. The lowest BCUT2D eigenvalue weighted by molar-refractivity contribution is -0.150. The molecule has 0 amide bonds. The summed E-state index contributed by atoms with van der Waals surface area (Å²) in [5.41, 5.74) is 0. The molecule has 1 aliphatic carbocycles. The minimum atomic E-state index is -0.00440. The van der Waals surface area contributed by atoms with Crippen LogP contribution in [0.2, 0.25) is 0 Å². The SMILES string of the molecule is COC(=O)[C@@H]1C[C@H](C)CC[C@H]1C(C)C. The Kier molecular flexibility index (Phi) is 3.97. The van der Waals surface area contributed by atoms with Crippen LogP contribution in [0.15, 0.2) is 0 Å². The van der Waals surface area contributed by atoms with Crippen molar-refractivity contribution in [2.45, 2.75) is 40.0 Å². The topological polar surface area (TPSA) is 26.3 Å². The Balaban J connectivity index is 2.68. The van der Waals surface area contributed by atoms with Gasteiger partial charge in [-0.15, -0.1) is 0 Å². The van der Waals surface area contributed by atoms with Gasteiger partial charge < -0.3 is 4.74 Å². The zero-order chi connectivity index (χ0) is 10.7. The lowest BCUT2D eigenvalue weighted by Gasteiger charge is -2.35. The molecule has 1 fully saturated rings. The summed E-state index contributed by atoms with van der Waals surface area (Å²) in [6.07, 6.45) is 3.45. The summed E-state index contributed by atoms with van der Waals surface area (Å²) >= 11 is 0. The van der Waals surface area contributed by atoms with Crippen LogP contribution in [0, 0.1) is 23.7 Å². The highest BCUT2D eigenvalue weighted by atomic mass is 16.5. The van der Waals surface area contributed by atoms with E-state index in [0.717, 1.165) is 6.42 Å². The third-order valence-electron chi connectivity index (χ3n) is 3.53. The van der Waals surface area contributed by atoms with Gasteiger partial charge in [-0.3, -0.25) is 4.79 Å². The summed E-state index contributed by atoms with van der Waals surface area (Å²) in [6.45, 7) is 6.64. The van der Waals surface area contributed by atoms with Gasteiger partial charge in [0.25, 0.3) is 0 Å². The molecule has 3 atom stereocenters. The van der Waals surface area contributed by atoms with E-state index in [1.807, 2.05) is 0 Å². The molecular formula is C12H22O2. The quantitative estimate of drug-likeness (QED) is 0.638. The fraction of sp³-hybridized carbons (Fsp3) is 0.917. The molecule has 0 aliphatic heterocycles. The van der Waals surface area contributed by atoms with Crippen molar-refractivity contribution >= 4 is 5.97 Å². The van der Waals surface area contributed by atoms with Crippen LogP contribution < -0.4 is 0 Å². The van der Waals surface area contributed by atoms with Crippen molar-refractivity contribution < 1.29 is 9.53 Å². The summed E-state index contributed by atoms with van der Waals surface area (Å²) in [4.78, 5) is 11.6. The Morgan fingerprint density at radius 2 is 2.00 bits per heavy atom. The second-order valence-corrected chi connectivity index (χ2v) is 4.96. The van der Waals surface area contributed by atoms with Crippen LogP contribution in [0.1, 0.15) is 40.0 Å². The smallest absolute Gasteiger partial charge is 0.308 e. The van der Waals surface area contributed by atoms with Crippen LogP contribution in [-0.2, 0) is 9.53 Å². The van der Waals surface area contributed by atoms with Crippen molar-refractivity contribution in [1.82, 2.24) is 0 Å². The molecule has 0 aromatic heterocycles. The maximum absolute atomic E-state index is 11.6. The second kappa shape index (κ2) is 4.81. The van der Waals surface area contributed by atoms with E-state index in [1.165, 1.54) is 20.0 Å². The number of ether oxygens (including phenoxy) is 1. The number of hydrogen-bond donors (Lipinski definition) is 0. The number of esters is 1. The van der Waals surface area contributed by atoms with Gasteiger partial charge >= 0.3 is 5.97 Å². The largest absolute Gasteiger partial charge is 0.469 e. The normalized spacial score (nSPS) is 33.1. The molecule has 0 aromatic carbocycles. The molecule has 0 heterocycles. The molecule has 0 radical (unpaired) electrons. The molecule has 2 nitrogen and oxygen atoms in total. The van der Waals surface area contributed by atoms with Gasteiger partial charge in [-0.1, -0.05) is 27.2 Å². The first-order chi connectivity index (χ1) is 6.56. The van der Waals surface area contributed by atoms with Crippen molar-refractivity contribution in [3.8, 4) is 0 Å². The van der Waals surface area contributed by atoms with Crippen molar-refractivity contribution in [3.63, 3.8) is 0 Å². The van der Waals surface area contributed by atoms with E-state index in [9.17, 15) is 4.79 Å². The summed E-state index contributed by atoms with van der Waals surface area (Å²) in [5.74, 6) is 1.93. The average Bonchev–Trinajstić information content (AvgIpc) is 2.16. The first kappa shape index (κ1) is 11.5. The standard InChI is InChI=1S/C12H22O2/c1-8(2)10-6-5-9(3)7-11(10)12(13)14-4/h8-11H,5-7H2,1-4H3/t9-,10+,11-/m1/s1. The second-order valence-electron chi connectivity index (χ2n) is 4.96. The fourth-order valence-corrected chi connectivity index (χ4v) is 2.62. The van der Waals surface area contributed by atoms with Gasteiger partial charge in [-0.2, -0.15) is 0 Å². The Bertz CT molecular complexity index is 198. The van der Waals surface area contributed by atoms with E-state index in [4.69, 9.17) is 4.74 Å². The van der Waals surface area contributed by atoms with Crippen LogP contribution in [0.5, 0.6) is 0 Å². The minimum Gasteiger partial charge on any atom is -0.469 e. The molecule has 0 aromatic rings. The molecule has 0 N–H and O–H groups in total. The van der Waals surface area contributed by atoms with E-state index in [2.05, 4.69) is 20.8 Å². The lowest BCUT2D eigenvalue weighted by atomic mass is 9.70.